The summed E-state index contributed by atoms with van der Waals surface area (Å²) in [7, 11) is 6.18. The highest BCUT2D eigenvalue weighted by Crippen LogP contribution is 2.36. The van der Waals surface area contributed by atoms with E-state index in [0.717, 1.165) is 35.5 Å². The van der Waals surface area contributed by atoms with Gasteiger partial charge < -0.3 is 19.5 Å². The smallest absolute Gasteiger partial charge is 0.185 e. The summed E-state index contributed by atoms with van der Waals surface area (Å²) >= 11 is 1.73. The summed E-state index contributed by atoms with van der Waals surface area (Å²) in [6.07, 6.45) is 1.00. The lowest BCUT2D eigenvalue weighted by atomic mass is 10.0. The van der Waals surface area contributed by atoms with E-state index in [4.69, 9.17) is 0 Å². The minimum absolute atomic E-state index is 0.329. The first-order chi connectivity index (χ1) is 13.0. The van der Waals surface area contributed by atoms with Crippen LogP contribution in [0.25, 0.3) is 21.1 Å². The van der Waals surface area contributed by atoms with Crippen molar-refractivity contribution < 1.29 is 5.11 Å². The van der Waals surface area contributed by atoms with E-state index in [2.05, 4.69) is 44.6 Å². The average molecular weight is 379 g/mol. The molecular weight excluding hydrogens is 356 g/mol. The first-order valence-corrected chi connectivity index (χ1v) is 9.95. The number of phenolic OH excluding ortho intramolecular Hbond substituents is 1. The number of phenols is 1. The number of anilines is 2. The molecule has 5 nitrogen and oxygen atoms in total. The third kappa shape index (κ3) is 2.55. The molecule has 0 aliphatic carbocycles. The second-order valence-electron chi connectivity index (χ2n) is 7.40. The van der Waals surface area contributed by atoms with E-state index in [1.54, 1.807) is 17.4 Å². The van der Waals surface area contributed by atoms with Crippen LogP contribution in [0.3, 0.4) is 0 Å². The van der Waals surface area contributed by atoms with Crippen LogP contribution in [-0.4, -0.2) is 35.3 Å². The highest BCUT2D eigenvalue weighted by molar-refractivity contribution is 7.22. The molecule has 27 heavy (non-hydrogen) atoms. The van der Waals surface area contributed by atoms with Gasteiger partial charge in [-0.1, -0.05) is 11.3 Å². The van der Waals surface area contributed by atoms with Gasteiger partial charge in [-0.2, -0.15) is 0 Å². The first-order valence-electron chi connectivity index (χ1n) is 9.13. The Bertz CT molecular complexity index is 1170. The average Bonchev–Trinajstić information content (AvgIpc) is 3.21. The molecule has 3 heterocycles. The van der Waals surface area contributed by atoms with Crippen molar-refractivity contribution in [2.24, 2.45) is 7.05 Å². The highest BCUT2D eigenvalue weighted by Gasteiger charge is 2.23. The minimum Gasteiger partial charge on any atom is -0.508 e. The molecule has 1 aliphatic heterocycles. The second-order valence-corrected chi connectivity index (χ2v) is 8.41. The molecule has 0 atom stereocenters. The number of aromatic hydroxyl groups is 1. The van der Waals surface area contributed by atoms with Crippen molar-refractivity contribution in [3.63, 3.8) is 0 Å². The van der Waals surface area contributed by atoms with E-state index in [9.17, 15) is 5.11 Å². The summed E-state index contributed by atoms with van der Waals surface area (Å²) < 4.78 is 3.49. The largest absolute Gasteiger partial charge is 0.508 e. The topological polar surface area (TPSA) is 44.5 Å². The molecule has 2 aromatic heterocycles. The van der Waals surface area contributed by atoms with Crippen LogP contribution in [0.15, 0.2) is 36.4 Å². The molecule has 0 radical (unpaired) electrons. The van der Waals surface area contributed by atoms with E-state index in [0.29, 0.717) is 5.75 Å². The summed E-state index contributed by atoms with van der Waals surface area (Å²) in [4.78, 5) is 9.17. The molecule has 1 N–H and O–H groups in total. The van der Waals surface area contributed by atoms with Gasteiger partial charge in [0.25, 0.3) is 0 Å². The fraction of sp³-hybridized carbons (Fsp3) is 0.286. The molecule has 0 saturated heterocycles. The SMILES string of the molecule is CN(C)c1nc2ccc(N3CCc4c(c5cc(O)ccc5n4C)C3)cc2s1. The van der Waals surface area contributed by atoms with Crippen LogP contribution in [0, 0.1) is 0 Å². The van der Waals surface area contributed by atoms with Gasteiger partial charge in [0.2, 0.25) is 0 Å². The molecule has 5 rings (SSSR count). The maximum Gasteiger partial charge on any atom is 0.185 e. The lowest BCUT2D eigenvalue weighted by Gasteiger charge is -2.30. The van der Waals surface area contributed by atoms with Crippen LogP contribution in [0.5, 0.6) is 5.75 Å². The molecule has 0 bridgehead atoms. The van der Waals surface area contributed by atoms with Crippen molar-refractivity contribution in [1.82, 2.24) is 9.55 Å². The normalized spacial score (nSPS) is 14.1. The summed E-state index contributed by atoms with van der Waals surface area (Å²) in [6, 6.07) is 12.2. The molecule has 0 amide bonds. The lowest BCUT2D eigenvalue weighted by molar-refractivity contribution is 0.476. The van der Waals surface area contributed by atoms with Gasteiger partial charge in [-0.3, -0.25) is 0 Å². The summed E-state index contributed by atoms with van der Waals surface area (Å²) in [5, 5.41) is 12.2. The van der Waals surface area contributed by atoms with Gasteiger partial charge >= 0.3 is 0 Å². The zero-order valence-corrected chi connectivity index (χ0v) is 16.5. The first kappa shape index (κ1) is 16.4. The Labute approximate surface area is 162 Å². The number of hydrogen-bond acceptors (Lipinski definition) is 5. The second kappa shape index (κ2) is 5.89. The van der Waals surface area contributed by atoms with E-state index in [1.807, 2.05) is 26.2 Å². The molecule has 0 fully saturated rings. The van der Waals surface area contributed by atoms with Crippen LogP contribution < -0.4 is 9.80 Å². The molecule has 138 valence electrons. The number of rotatable bonds is 2. The van der Waals surface area contributed by atoms with Crippen LogP contribution in [0.1, 0.15) is 11.3 Å². The van der Waals surface area contributed by atoms with Crippen molar-refractivity contribution in [2.75, 3.05) is 30.4 Å². The van der Waals surface area contributed by atoms with Gasteiger partial charge in [-0.05, 0) is 36.4 Å². The molecule has 1 aliphatic rings. The van der Waals surface area contributed by atoms with Crippen LogP contribution in [0.2, 0.25) is 0 Å². The Kier molecular flexibility index (Phi) is 3.59. The fourth-order valence-corrected chi connectivity index (χ4v) is 5.00. The number of nitrogens with zero attached hydrogens (tertiary/aromatic N) is 4. The van der Waals surface area contributed by atoms with Crippen LogP contribution in [0.4, 0.5) is 10.8 Å². The van der Waals surface area contributed by atoms with Gasteiger partial charge in [0, 0.05) is 68.5 Å². The van der Waals surface area contributed by atoms with Gasteiger partial charge in [0.1, 0.15) is 5.75 Å². The van der Waals surface area contributed by atoms with Crippen molar-refractivity contribution in [1.29, 1.82) is 0 Å². The van der Waals surface area contributed by atoms with Crippen LogP contribution in [-0.2, 0) is 20.0 Å². The van der Waals surface area contributed by atoms with Gasteiger partial charge in [0.15, 0.2) is 5.13 Å². The maximum absolute atomic E-state index is 9.96. The third-order valence-corrected chi connectivity index (χ3v) is 6.68. The number of thiazole rings is 1. The van der Waals surface area contributed by atoms with Crippen molar-refractivity contribution in [3.8, 4) is 5.75 Å². The number of hydrogen-bond donors (Lipinski definition) is 1. The third-order valence-electron chi connectivity index (χ3n) is 5.50. The Balaban J connectivity index is 1.55. The number of benzene rings is 2. The monoisotopic (exact) mass is 378 g/mol. The molecule has 0 spiro atoms. The Morgan fingerprint density at radius 2 is 2.00 bits per heavy atom. The van der Waals surface area contributed by atoms with Gasteiger partial charge in [-0.25, -0.2) is 4.98 Å². The van der Waals surface area contributed by atoms with E-state index < -0.39 is 0 Å². The Hall–Kier alpha value is -2.73. The number of aryl methyl sites for hydroxylation is 1. The molecule has 0 saturated carbocycles. The maximum atomic E-state index is 9.96. The van der Waals surface area contributed by atoms with Crippen LogP contribution >= 0.6 is 11.3 Å². The van der Waals surface area contributed by atoms with Crippen molar-refractivity contribution in [2.45, 2.75) is 13.0 Å². The van der Waals surface area contributed by atoms with Gasteiger partial charge in [-0.15, -0.1) is 0 Å². The van der Waals surface area contributed by atoms with Crippen molar-refractivity contribution in [3.05, 3.63) is 47.7 Å². The molecule has 6 heteroatoms. The predicted molar refractivity (Wildman–Crippen MR) is 113 cm³/mol. The zero-order chi connectivity index (χ0) is 18.7. The van der Waals surface area contributed by atoms with E-state index >= 15 is 0 Å². The minimum atomic E-state index is 0.329. The molecule has 0 unspecified atom stereocenters. The lowest BCUT2D eigenvalue weighted by Crippen LogP contribution is -2.30. The quantitative estimate of drug-likeness (QED) is 0.570. The summed E-state index contributed by atoms with van der Waals surface area (Å²) in [5.74, 6) is 0.329. The number of fused-ring (bicyclic) bond motifs is 4. The fourth-order valence-electron chi connectivity index (χ4n) is 4.08. The van der Waals surface area contributed by atoms with E-state index in [-0.39, 0.29) is 0 Å². The predicted octanol–water partition coefficient (Wildman–Crippen LogP) is 4.12. The molecular formula is C21H22N4OS. The Morgan fingerprint density at radius 1 is 1.15 bits per heavy atom. The van der Waals surface area contributed by atoms with E-state index in [1.165, 1.54) is 27.2 Å². The summed E-state index contributed by atoms with van der Waals surface area (Å²) in [5.41, 5.74) is 6.18. The summed E-state index contributed by atoms with van der Waals surface area (Å²) in [6.45, 7) is 1.86. The van der Waals surface area contributed by atoms with Crippen molar-refractivity contribution >= 4 is 43.3 Å². The highest BCUT2D eigenvalue weighted by atomic mass is 32.1. The standard InChI is InChI=1S/C21H22N4OS/c1-23(2)21-22-17-6-4-13(10-20(17)27-21)25-9-8-19-16(12-25)15-11-14(26)5-7-18(15)24(19)3/h4-7,10-11,26H,8-9,12H2,1-3H3. The zero-order valence-electron chi connectivity index (χ0n) is 15.7. The number of aromatic nitrogens is 2. The molecule has 2 aromatic carbocycles. The Morgan fingerprint density at radius 3 is 2.81 bits per heavy atom. The van der Waals surface area contributed by atoms with Gasteiger partial charge in [0.05, 0.1) is 10.2 Å². The molecule has 4 aromatic rings.